The molecule has 19 heavy (non-hydrogen) atoms. The van der Waals surface area contributed by atoms with Crippen LogP contribution in [-0.4, -0.2) is 22.2 Å². The second kappa shape index (κ2) is 4.47. The molecule has 0 unspecified atom stereocenters. The van der Waals surface area contributed by atoms with Gasteiger partial charge in [-0.05, 0) is 17.7 Å². The van der Waals surface area contributed by atoms with Crippen molar-refractivity contribution in [3.63, 3.8) is 0 Å². The van der Waals surface area contributed by atoms with Gasteiger partial charge in [0, 0.05) is 6.54 Å². The molecule has 0 fully saturated rings. The summed E-state index contributed by atoms with van der Waals surface area (Å²) in [4.78, 5) is 28.1. The van der Waals surface area contributed by atoms with Gasteiger partial charge in [-0.15, -0.1) is 0 Å². The monoisotopic (exact) mass is 274 g/mol. The molecule has 96 valence electrons. The number of benzene rings is 1. The second-order valence-electron chi connectivity index (χ2n) is 4.12. The molecule has 5 nitrogen and oxygen atoms in total. The SMILES string of the molecule is O=C(O)c1ccccc1C=c1sc2n(c1=O)CCN=2. The van der Waals surface area contributed by atoms with E-state index in [-0.39, 0.29) is 11.1 Å². The van der Waals surface area contributed by atoms with Crippen molar-refractivity contribution in [2.75, 3.05) is 6.54 Å². The molecule has 2 aromatic rings. The number of carboxylic acid groups (broad SMARTS) is 1. The molecule has 0 saturated carbocycles. The molecule has 0 aliphatic carbocycles. The van der Waals surface area contributed by atoms with E-state index in [1.165, 1.54) is 17.4 Å². The number of hydrogen-bond acceptors (Lipinski definition) is 4. The van der Waals surface area contributed by atoms with Crippen LogP contribution in [0.25, 0.3) is 6.08 Å². The predicted octanol–water partition coefficient (Wildman–Crippen LogP) is 0.0700. The quantitative estimate of drug-likeness (QED) is 0.842. The van der Waals surface area contributed by atoms with Crippen molar-refractivity contribution in [2.24, 2.45) is 4.99 Å². The van der Waals surface area contributed by atoms with Crippen molar-refractivity contribution >= 4 is 23.4 Å². The van der Waals surface area contributed by atoms with Crippen LogP contribution < -0.4 is 14.9 Å². The van der Waals surface area contributed by atoms with Crippen molar-refractivity contribution in [2.45, 2.75) is 6.54 Å². The molecule has 6 heteroatoms. The Hall–Kier alpha value is -2.21. The molecule has 0 atom stereocenters. The average molecular weight is 274 g/mol. The van der Waals surface area contributed by atoms with Gasteiger partial charge in [0.05, 0.1) is 16.6 Å². The maximum absolute atomic E-state index is 12.1. The van der Waals surface area contributed by atoms with Gasteiger partial charge in [-0.2, -0.15) is 0 Å². The molecule has 1 aromatic heterocycles. The summed E-state index contributed by atoms with van der Waals surface area (Å²) in [5, 5.41) is 9.11. The van der Waals surface area contributed by atoms with Crippen LogP contribution in [0.5, 0.6) is 0 Å². The van der Waals surface area contributed by atoms with Gasteiger partial charge >= 0.3 is 5.97 Å². The zero-order valence-electron chi connectivity index (χ0n) is 9.87. The van der Waals surface area contributed by atoms with Gasteiger partial charge in [-0.25, -0.2) is 4.79 Å². The minimum Gasteiger partial charge on any atom is -0.478 e. The Kier molecular flexibility index (Phi) is 2.79. The average Bonchev–Trinajstić information content (AvgIpc) is 2.95. The highest BCUT2D eigenvalue weighted by Gasteiger charge is 2.11. The molecule has 1 aliphatic rings. The van der Waals surface area contributed by atoms with E-state index in [4.69, 9.17) is 5.11 Å². The smallest absolute Gasteiger partial charge is 0.336 e. The number of fused-ring (bicyclic) bond motifs is 1. The highest BCUT2D eigenvalue weighted by Crippen LogP contribution is 2.09. The Morgan fingerprint density at radius 3 is 2.95 bits per heavy atom. The van der Waals surface area contributed by atoms with Gasteiger partial charge in [0.2, 0.25) is 0 Å². The van der Waals surface area contributed by atoms with E-state index < -0.39 is 5.97 Å². The first-order valence-corrected chi connectivity index (χ1v) is 6.56. The van der Waals surface area contributed by atoms with Crippen LogP contribution in [0.4, 0.5) is 0 Å². The minimum absolute atomic E-state index is 0.0959. The van der Waals surface area contributed by atoms with Crippen molar-refractivity contribution in [3.8, 4) is 0 Å². The number of hydrogen-bond donors (Lipinski definition) is 1. The Bertz CT molecular complexity index is 832. The Morgan fingerprint density at radius 1 is 1.42 bits per heavy atom. The number of carbonyl (C=O) groups is 1. The first-order chi connectivity index (χ1) is 9.16. The third kappa shape index (κ3) is 2.00. The molecule has 2 heterocycles. The van der Waals surface area contributed by atoms with Gasteiger partial charge in [-0.1, -0.05) is 29.5 Å². The summed E-state index contributed by atoms with van der Waals surface area (Å²) in [5.74, 6) is -0.999. The lowest BCUT2D eigenvalue weighted by Crippen LogP contribution is -2.29. The van der Waals surface area contributed by atoms with E-state index in [2.05, 4.69) is 4.99 Å². The summed E-state index contributed by atoms with van der Waals surface area (Å²) in [7, 11) is 0. The van der Waals surface area contributed by atoms with Gasteiger partial charge in [0.25, 0.3) is 5.56 Å². The summed E-state index contributed by atoms with van der Waals surface area (Å²) < 4.78 is 2.15. The molecule has 0 saturated heterocycles. The maximum atomic E-state index is 12.1. The number of rotatable bonds is 2. The summed E-state index contributed by atoms with van der Waals surface area (Å²) in [5.41, 5.74) is 0.631. The van der Waals surface area contributed by atoms with Gasteiger partial charge < -0.3 is 5.11 Å². The zero-order valence-corrected chi connectivity index (χ0v) is 10.7. The summed E-state index contributed by atoms with van der Waals surface area (Å²) in [6.07, 6.45) is 1.62. The third-order valence-corrected chi connectivity index (χ3v) is 3.98. The third-order valence-electron chi connectivity index (χ3n) is 2.94. The topological polar surface area (TPSA) is 71.7 Å². The minimum atomic E-state index is -0.999. The van der Waals surface area contributed by atoms with Crippen molar-refractivity contribution < 1.29 is 9.90 Å². The van der Waals surface area contributed by atoms with E-state index in [1.54, 1.807) is 28.8 Å². The number of aromatic nitrogens is 1. The van der Waals surface area contributed by atoms with Crippen LogP contribution in [0.3, 0.4) is 0 Å². The second-order valence-corrected chi connectivity index (χ2v) is 5.13. The first-order valence-electron chi connectivity index (χ1n) is 5.75. The zero-order chi connectivity index (χ0) is 13.4. The molecule has 3 rings (SSSR count). The number of nitrogens with zero attached hydrogens (tertiary/aromatic N) is 2. The van der Waals surface area contributed by atoms with Crippen LogP contribution in [0.15, 0.2) is 34.1 Å². The van der Waals surface area contributed by atoms with Gasteiger partial charge in [0.15, 0.2) is 4.80 Å². The Morgan fingerprint density at radius 2 is 2.21 bits per heavy atom. The molecule has 1 aromatic carbocycles. The van der Waals surface area contributed by atoms with Crippen molar-refractivity contribution in [1.82, 2.24) is 4.57 Å². The lowest BCUT2D eigenvalue weighted by Gasteiger charge is -1.98. The van der Waals surface area contributed by atoms with Crippen molar-refractivity contribution in [3.05, 3.63) is 55.1 Å². The number of aromatic carboxylic acids is 1. The molecular formula is C13H10N2O3S. The standard InChI is InChI=1S/C13H10N2O3S/c16-11-10(19-13-14-5-6-15(11)13)7-8-3-1-2-4-9(8)12(17)18/h1-4,7H,5-6H2,(H,17,18). The highest BCUT2D eigenvalue weighted by molar-refractivity contribution is 7.07. The lowest BCUT2D eigenvalue weighted by atomic mass is 10.1. The normalized spacial score (nSPS) is 14.2. The van der Waals surface area contributed by atoms with E-state index in [0.717, 1.165) is 0 Å². The number of carboxylic acids is 1. The van der Waals surface area contributed by atoms with E-state index in [0.29, 0.717) is 28.0 Å². The fourth-order valence-electron chi connectivity index (χ4n) is 2.03. The van der Waals surface area contributed by atoms with E-state index >= 15 is 0 Å². The summed E-state index contributed by atoms with van der Waals surface area (Å²) >= 11 is 1.30. The predicted molar refractivity (Wildman–Crippen MR) is 71.2 cm³/mol. The fourth-order valence-corrected chi connectivity index (χ4v) is 3.05. The summed E-state index contributed by atoms with van der Waals surface area (Å²) in [6, 6.07) is 6.63. The van der Waals surface area contributed by atoms with Crippen LogP contribution >= 0.6 is 11.3 Å². The maximum Gasteiger partial charge on any atom is 0.336 e. The van der Waals surface area contributed by atoms with E-state index in [1.807, 2.05) is 0 Å². The van der Waals surface area contributed by atoms with Crippen LogP contribution in [-0.2, 0) is 6.54 Å². The van der Waals surface area contributed by atoms with Crippen LogP contribution in [0, 0.1) is 0 Å². The lowest BCUT2D eigenvalue weighted by molar-refractivity contribution is 0.0696. The van der Waals surface area contributed by atoms with Gasteiger partial charge in [0.1, 0.15) is 0 Å². The van der Waals surface area contributed by atoms with Crippen molar-refractivity contribution in [1.29, 1.82) is 0 Å². The van der Waals surface area contributed by atoms with Crippen LogP contribution in [0.1, 0.15) is 15.9 Å². The summed E-state index contributed by atoms with van der Waals surface area (Å²) in [6.45, 7) is 1.26. The molecule has 1 N–H and O–H groups in total. The molecule has 0 amide bonds. The van der Waals surface area contributed by atoms with E-state index in [9.17, 15) is 9.59 Å². The number of thiazole rings is 1. The highest BCUT2D eigenvalue weighted by atomic mass is 32.1. The first kappa shape index (κ1) is 11.9. The molecule has 0 spiro atoms. The Balaban J connectivity index is 2.23. The molecular weight excluding hydrogens is 264 g/mol. The molecule has 0 bridgehead atoms. The Labute approximate surface area is 111 Å². The van der Waals surface area contributed by atoms with Gasteiger partial charge in [-0.3, -0.25) is 14.4 Å². The molecule has 1 aliphatic heterocycles. The largest absolute Gasteiger partial charge is 0.478 e. The molecule has 0 radical (unpaired) electrons. The fraction of sp³-hybridized carbons (Fsp3) is 0.154. The van der Waals surface area contributed by atoms with Crippen LogP contribution in [0.2, 0.25) is 0 Å².